The van der Waals surface area contributed by atoms with Gasteiger partial charge in [0.05, 0.1) is 0 Å². The first-order chi connectivity index (χ1) is 9.61. The molecule has 0 aliphatic carbocycles. The number of nitrogens with zero attached hydrogens (tertiary/aromatic N) is 2. The van der Waals surface area contributed by atoms with Crippen LogP contribution in [0.2, 0.25) is 0 Å². The van der Waals surface area contributed by atoms with Gasteiger partial charge >= 0.3 is 0 Å². The highest BCUT2D eigenvalue weighted by atomic mass is 32.1. The monoisotopic (exact) mass is 291 g/mol. The Labute approximate surface area is 123 Å². The molecule has 0 aliphatic rings. The second-order valence-corrected chi connectivity index (χ2v) is 5.99. The molecule has 20 heavy (non-hydrogen) atoms. The minimum Gasteiger partial charge on any atom is -0.369 e. The zero-order valence-corrected chi connectivity index (χ0v) is 12.9. The molecule has 0 amide bonds. The van der Waals surface area contributed by atoms with Crippen molar-refractivity contribution in [3.8, 4) is 0 Å². The summed E-state index contributed by atoms with van der Waals surface area (Å²) in [6, 6.07) is 4.22. The molecule has 0 saturated heterocycles. The van der Waals surface area contributed by atoms with Crippen LogP contribution < -0.4 is 16.6 Å². The zero-order valence-electron chi connectivity index (χ0n) is 12.1. The fourth-order valence-corrected chi connectivity index (χ4v) is 2.57. The summed E-state index contributed by atoms with van der Waals surface area (Å²) in [6.45, 7) is 6.95. The summed E-state index contributed by atoms with van der Waals surface area (Å²) < 4.78 is 0. The Kier molecular flexibility index (Phi) is 4.92. The van der Waals surface area contributed by atoms with Crippen LogP contribution in [0.25, 0.3) is 0 Å². The molecule has 0 saturated carbocycles. The zero-order chi connectivity index (χ0) is 14.5. The van der Waals surface area contributed by atoms with Crippen LogP contribution in [0.5, 0.6) is 0 Å². The van der Waals surface area contributed by atoms with Crippen LogP contribution in [0.15, 0.2) is 17.5 Å². The maximum atomic E-state index is 5.53. The van der Waals surface area contributed by atoms with Crippen molar-refractivity contribution in [2.24, 2.45) is 5.84 Å². The smallest absolute Gasteiger partial charge is 0.148 e. The molecule has 0 aromatic carbocycles. The standard InChI is InChI=1S/C14H21N5S/c1-9(2)12-17-13(10(3)14(18-12)19-15)16-7-6-11-5-4-8-20-11/h4-5,8-9H,6-7,15H2,1-3H3,(H2,16,17,18,19). The molecule has 108 valence electrons. The summed E-state index contributed by atoms with van der Waals surface area (Å²) in [4.78, 5) is 10.4. The number of hydrogen-bond donors (Lipinski definition) is 3. The Morgan fingerprint density at radius 1 is 1.30 bits per heavy atom. The Morgan fingerprint density at radius 3 is 2.65 bits per heavy atom. The van der Waals surface area contributed by atoms with E-state index in [4.69, 9.17) is 5.84 Å². The predicted octanol–water partition coefficient (Wildman–Crippen LogP) is 2.91. The molecule has 6 heteroatoms. The number of anilines is 2. The lowest BCUT2D eigenvalue weighted by Crippen LogP contribution is -2.16. The van der Waals surface area contributed by atoms with Crippen LogP contribution in [-0.2, 0) is 6.42 Å². The van der Waals surface area contributed by atoms with Crippen molar-refractivity contribution < 1.29 is 0 Å². The van der Waals surface area contributed by atoms with E-state index in [0.29, 0.717) is 5.82 Å². The third-order valence-corrected chi connectivity index (χ3v) is 4.00. The lowest BCUT2D eigenvalue weighted by Gasteiger charge is -2.14. The van der Waals surface area contributed by atoms with E-state index in [1.54, 1.807) is 11.3 Å². The molecule has 0 fully saturated rings. The summed E-state index contributed by atoms with van der Waals surface area (Å²) in [6.07, 6.45) is 0.990. The van der Waals surface area contributed by atoms with Gasteiger partial charge in [0, 0.05) is 22.9 Å². The van der Waals surface area contributed by atoms with Crippen molar-refractivity contribution in [1.82, 2.24) is 9.97 Å². The van der Waals surface area contributed by atoms with Gasteiger partial charge in [0.15, 0.2) is 0 Å². The molecule has 2 rings (SSSR count). The number of hydrazine groups is 1. The minimum atomic E-state index is 0.264. The maximum absolute atomic E-state index is 5.53. The van der Waals surface area contributed by atoms with Crippen molar-refractivity contribution >= 4 is 23.0 Å². The number of nitrogens with one attached hydrogen (secondary N) is 2. The molecular weight excluding hydrogens is 270 g/mol. The van der Waals surface area contributed by atoms with Crippen molar-refractivity contribution in [2.75, 3.05) is 17.3 Å². The largest absolute Gasteiger partial charge is 0.369 e. The molecule has 4 N–H and O–H groups in total. The van der Waals surface area contributed by atoms with Gasteiger partial charge < -0.3 is 10.7 Å². The molecule has 0 aliphatic heterocycles. The van der Waals surface area contributed by atoms with Gasteiger partial charge in [-0.3, -0.25) is 0 Å². The van der Waals surface area contributed by atoms with Crippen molar-refractivity contribution in [1.29, 1.82) is 0 Å². The normalized spacial score (nSPS) is 10.8. The lowest BCUT2D eigenvalue weighted by atomic mass is 10.2. The van der Waals surface area contributed by atoms with Crippen LogP contribution in [0.4, 0.5) is 11.6 Å². The summed E-state index contributed by atoms with van der Waals surface area (Å²) in [5.74, 6) is 8.12. The van der Waals surface area contributed by atoms with Crippen molar-refractivity contribution in [2.45, 2.75) is 33.1 Å². The average Bonchev–Trinajstić information content (AvgIpc) is 2.93. The number of nitrogens with two attached hydrogens (primary N) is 1. The fourth-order valence-electron chi connectivity index (χ4n) is 1.86. The highest BCUT2D eigenvalue weighted by Gasteiger charge is 2.12. The van der Waals surface area contributed by atoms with E-state index in [0.717, 1.165) is 30.2 Å². The maximum Gasteiger partial charge on any atom is 0.148 e. The molecule has 0 unspecified atom stereocenters. The van der Waals surface area contributed by atoms with Gasteiger partial charge in [0.25, 0.3) is 0 Å². The van der Waals surface area contributed by atoms with Crippen molar-refractivity contribution in [3.05, 3.63) is 33.8 Å². The molecule has 0 bridgehead atoms. The van der Waals surface area contributed by atoms with Crippen LogP contribution in [-0.4, -0.2) is 16.5 Å². The Balaban J connectivity index is 2.11. The second kappa shape index (κ2) is 6.67. The van der Waals surface area contributed by atoms with Gasteiger partial charge in [-0.1, -0.05) is 19.9 Å². The first-order valence-corrected chi connectivity index (χ1v) is 7.61. The highest BCUT2D eigenvalue weighted by Crippen LogP contribution is 2.22. The fraction of sp³-hybridized carbons (Fsp3) is 0.429. The molecular formula is C14H21N5S. The molecule has 5 nitrogen and oxygen atoms in total. The minimum absolute atomic E-state index is 0.264. The van der Waals surface area contributed by atoms with Crippen LogP contribution in [0.1, 0.15) is 36.0 Å². The van der Waals surface area contributed by atoms with Gasteiger partial charge in [0.2, 0.25) is 0 Å². The van der Waals surface area contributed by atoms with Crippen molar-refractivity contribution in [3.63, 3.8) is 0 Å². The van der Waals surface area contributed by atoms with Gasteiger partial charge in [-0.25, -0.2) is 15.8 Å². The van der Waals surface area contributed by atoms with E-state index in [-0.39, 0.29) is 5.92 Å². The molecule has 0 spiro atoms. The Hall–Kier alpha value is -1.66. The number of hydrogen-bond acceptors (Lipinski definition) is 6. The Bertz CT molecular complexity index is 551. The average molecular weight is 291 g/mol. The summed E-state index contributed by atoms with van der Waals surface area (Å²) in [5, 5.41) is 5.48. The summed E-state index contributed by atoms with van der Waals surface area (Å²) >= 11 is 1.77. The first kappa shape index (κ1) is 14.7. The van der Waals surface area contributed by atoms with Gasteiger partial charge in [0.1, 0.15) is 17.5 Å². The van der Waals surface area contributed by atoms with E-state index >= 15 is 0 Å². The molecule has 2 aromatic heterocycles. The van der Waals surface area contributed by atoms with E-state index in [9.17, 15) is 0 Å². The number of nitrogen functional groups attached to an aromatic ring is 1. The van der Waals surface area contributed by atoms with E-state index in [1.807, 2.05) is 6.92 Å². The molecule has 0 radical (unpaired) electrons. The highest BCUT2D eigenvalue weighted by molar-refractivity contribution is 7.09. The lowest BCUT2D eigenvalue weighted by molar-refractivity contribution is 0.772. The first-order valence-electron chi connectivity index (χ1n) is 6.73. The summed E-state index contributed by atoms with van der Waals surface area (Å²) in [5.41, 5.74) is 3.59. The number of rotatable bonds is 6. The predicted molar refractivity (Wildman–Crippen MR) is 85.2 cm³/mol. The van der Waals surface area contributed by atoms with Gasteiger partial charge in [-0.05, 0) is 24.8 Å². The van der Waals surface area contributed by atoms with Gasteiger partial charge in [-0.15, -0.1) is 11.3 Å². The third kappa shape index (κ3) is 3.46. The van der Waals surface area contributed by atoms with Crippen LogP contribution in [0.3, 0.4) is 0 Å². The van der Waals surface area contributed by atoms with E-state index in [1.165, 1.54) is 4.88 Å². The third-order valence-electron chi connectivity index (χ3n) is 3.06. The van der Waals surface area contributed by atoms with E-state index in [2.05, 4.69) is 52.1 Å². The van der Waals surface area contributed by atoms with E-state index < -0.39 is 0 Å². The number of aromatic nitrogens is 2. The van der Waals surface area contributed by atoms with Crippen LogP contribution >= 0.6 is 11.3 Å². The Morgan fingerprint density at radius 2 is 2.05 bits per heavy atom. The molecule has 2 aromatic rings. The molecule has 0 atom stereocenters. The summed E-state index contributed by atoms with van der Waals surface area (Å²) in [7, 11) is 0. The molecule has 2 heterocycles. The van der Waals surface area contributed by atoms with Crippen LogP contribution in [0, 0.1) is 6.92 Å². The second-order valence-electron chi connectivity index (χ2n) is 4.96. The number of thiophene rings is 1. The SMILES string of the molecule is Cc1c(NN)nc(C(C)C)nc1NCCc1cccs1. The quantitative estimate of drug-likeness (QED) is 0.563. The topological polar surface area (TPSA) is 75.9 Å². The van der Waals surface area contributed by atoms with Gasteiger partial charge in [-0.2, -0.15) is 0 Å².